The molecule has 0 saturated carbocycles. The molecular formula is C22H21N3O4. The lowest BCUT2D eigenvalue weighted by molar-refractivity contribution is -0.384. The van der Waals surface area contributed by atoms with Gasteiger partial charge in [-0.3, -0.25) is 24.6 Å². The Morgan fingerprint density at radius 2 is 1.69 bits per heavy atom. The van der Waals surface area contributed by atoms with Gasteiger partial charge in [0.2, 0.25) is 0 Å². The van der Waals surface area contributed by atoms with E-state index in [1.54, 1.807) is 26.0 Å². The molecule has 29 heavy (non-hydrogen) atoms. The molecule has 0 atom stereocenters. The minimum absolute atomic E-state index is 0.0586. The molecule has 0 bridgehead atoms. The first-order valence-electron chi connectivity index (χ1n) is 9.62. The van der Waals surface area contributed by atoms with Crippen LogP contribution in [0.5, 0.6) is 0 Å². The lowest BCUT2D eigenvalue weighted by Crippen LogP contribution is -2.40. The van der Waals surface area contributed by atoms with Crippen molar-refractivity contribution in [3.63, 3.8) is 0 Å². The number of rotatable bonds is 4. The maximum absolute atomic E-state index is 13.3. The van der Waals surface area contributed by atoms with Crippen molar-refractivity contribution >= 4 is 28.8 Å². The van der Waals surface area contributed by atoms with Crippen LogP contribution >= 0.6 is 0 Å². The number of nitro benzene ring substituents is 1. The third-order valence-corrected chi connectivity index (χ3v) is 5.35. The Bertz CT molecular complexity index is 1040. The van der Waals surface area contributed by atoms with Crippen LogP contribution in [0, 0.1) is 10.1 Å². The summed E-state index contributed by atoms with van der Waals surface area (Å²) in [6.07, 6.45) is 1.79. The molecule has 2 amide bonds. The number of non-ortho nitro benzene ring substituents is 1. The zero-order chi connectivity index (χ0) is 20.7. The van der Waals surface area contributed by atoms with Crippen LogP contribution in [0.4, 0.5) is 11.4 Å². The quantitative estimate of drug-likeness (QED) is 0.452. The summed E-state index contributed by atoms with van der Waals surface area (Å²) >= 11 is 0. The average Bonchev–Trinajstić information content (AvgIpc) is 2.97. The Morgan fingerprint density at radius 3 is 2.34 bits per heavy atom. The number of hydrogen-bond acceptors (Lipinski definition) is 5. The van der Waals surface area contributed by atoms with Gasteiger partial charge in [-0.1, -0.05) is 18.2 Å². The second kappa shape index (κ2) is 7.16. The highest BCUT2D eigenvalue weighted by Crippen LogP contribution is 2.38. The molecule has 0 unspecified atom stereocenters. The molecule has 2 aromatic carbocycles. The van der Waals surface area contributed by atoms with Crippen LogP contribution in [0.15, 0.2) is 54.2 Å². The fourth-order valence-electron chi connectivity index (χ4n) is 4.03. The lowest BCUT2D eigenvalue weighted by atomic mass is 9.98. The number of benzene rings is 2. The monoisotopic (exact) mass is 391 g/mol. The fraction of sp³-hybridized carbons (Fsp3) is 0.273. The van der Waals surface area contributed by atoms with Crippen LogP contribution in [-0.4, -0.2) is 34.2 Å². The number of hydrogen-bond donors (Lipinski definition) is 0. The maximum atomic E-state index is 13.3. The number of nitro groups is 1. The van der Waals surface area contributed by atoms with Gasteiger partial charge in [0.05, 0.1) is 10.5 Å². The number of para-hydroxylation sites is 1. The van der Waals surface area contributed by atoms with E-state index in [2.05, 4.69) is 0 Å². The molecule has 2 aliphatic rings. The van der Waals surface area contributed by atoms with Crippen LogP contribution in [0.2, 0.25) is 0 Å². The number of imide groups is 1. The van der Waals surface area contributed by atoms with Crippen molar-refractivity contribution in [1.29, 1.82) is 0 Å². The number of aryl methyl sites for hydroxylation is 1. The Kier molecular flexibility index (Phi) is 4.66. The van der Waals surface area contributed by atoms with Gasteiger partial charge in [-0.25, -0.2) is 0 Å². The van der Waals surface area contributed by atoms with Crippen molar-refractivity contribution in [2.45, 2.75) is 32.7 Å². The Labute approximate surface area is 168 Å². The molecule has 148 valence electrons. The molecule has 0 fully saturated rings. The van der Waals surface area contributed by atoms with Crippen LogP contribution in [0.1, 0.15) is 31.4 Å². The normalized spacial score (nSPS) is 16.7. The number of carbonyl (C=O) groups excluding carboxylic acids is 2. The molecule has 0 radical (unpaired) electrons. The summed E-state index contributed by atoms with van der Waals surface area (Å²) < 4.78 is 0. The lowest BCUT2D eigenvalue weighted by Gasteiger charge is -2.32. The van der Waals surface area contributed by atoms with E-state index in [1.165, 1.54) is 17.0 Å². The summed E-state index contributed by atoms with van der Waals surface area (Å²) in [6, 6.07) is 13.4. The second-order valence-electron chi connectivity index (χ2n) is 7.49. The van der Waals surface area contributed by atoms with E-state index in [-0.39, 0.29) is 23.5 Å². The third kappa shape index (κ3) is 3.08. The molecule has 4 rings (SSSR count). The van der Waals surface area contributed by atoms with Gasteiger partial charge in [0, 0.05) is 30.4 Å². The smallest absolute Gasteiger partial charge is 0.278 e. The molecule has 0 spiro atoms. The van der Waals surface area contributed by atoms with Gasteiger partial charge in [0.25, 0.3) is 17.5 Å². The van der Waals surface area contributed by atoms with Gasteiger partial charge >= 0.3 is 0 Å². The van der Waals surface area contributed by atoms with E-state index in [0.717, 1.165) is 24.1 Å². The average molecular weight is 391 g/mol. The first-order valence-corrected chi connectivity index (χ1v) is 9.62. The topological polar surface area (TPSA) is 83.8 Å². The number of nitrogens with zero attached hydrogens (tertiary/aromatic N) is 3. The summed E-state index contributed by atoms with van der Waals surface area (Å²) in [4.78, 5) is 40.3. The first-order chi connectivity index (χ1) is 13.9. The molecule has 0 aromatic heterocycles. The van der Waals surface area contributed by atoms with E-state index >= 15 is 0 Å². The Balaban J connectivity index is 1.89. The van der Waals surface area contributed by atoms with Crippen LogP contribution in [0.25, 0.3) is 5.57 Å². The minimum Gasteiger partial charge on any atom is -0.336 e. The molecule has 7 nitrogen and oxygen atoms in total. The Morgan fingerprint density at radius 1 is 1.00 bits per heavy atom. The van der Waals surface area contributed by atoms with Crippen molar-refractivity contribution in [3.8, 4) is 0 Å². The first kappa shape index (κ1) is 18.9. The second-order valence-corrected chi connectivity index (χ2v) is 7.49. The fourth-order valence-corrected chi connectivity index (χ4v) is 4.03. The van der Waals surface area contributed by atoms with E-state index in [0.29, 0.717) is 23.4 Å². The molecule has 7 heteroatoms. The van der Waals surface area contributed by atoms with Crippen LogP contribution in [-0.2, 0) is 16.0 Å². The van der Waals surface area contributed by atoms with Gasteiger partial charge in [0.1, 0.15) is 5.70 Å². The maximum Gasteiger partial charge on any atom is 0.278 e. The Hall–Kier alpha value is -3.48. The summed E-state index contributed by atoms with van der Waals surface area (Å²) in [6.45, 7) is 4.24. The highest BCUT2D eigenvalue weighted by Gasteiger charge is 2.43. The molecular weight excluding hydrogens is 370 g/mol. The standard InChI is InChI=1S/C22H21N3O4/c1-14(2)24-21(26)19(16-9-11-17(12-10-16)25(28)29)20(22(24)27)23-13-5-7-15-6-3-4-8-18(15)23/h3-4,6,8-12,14H,5,7,13H2,1-2H3. The zero-order valence-corrected chi connectivity index (χ0v) is 16.3. The summed E-state index contributed by atoms with van der Waals surface area (Å²) in [7, 11) is 0. The highest BCUT2D eigenvalue weighted by atomic mass is 16.6. The third-order valence-electron chi connectivity index (χ3n) is 5.35. The minimum atomic E-state index is -0.484. The van der Waals surface area contributed by atoms with Crippen molar-refractivity contribution in [2.75, 3.05) is 11.4 Å². The van der Waals surface area contributed by atoms with Crippen molar-refractivity contribution in [2.24, 2.45) is 0 Å². The highest BCUT2D eigenvalue weighted by molar-refractivity contribution is 6.37. The van der Waals surface area contributed by atoms with E-state index < -0.39 is 4.92 Å². The molecule has 2 aromatic rings. The van der Waals surface area contributed by atoms with Crippen molar-refractivity contribution in [3.05, 3.63) is 75.5 Å². The molecule has 2 aliphatic heterocycles. The van der Waals surface area contributed by atoms with E-state index in [1.807, 2.05) is 29.2 Å². The SMILES string of the molecule is CC(C)N1C(=O)C(c2ccc([N+](=O)[O-])cc2)=C(N2CCCc3ccccc32)C1=O. The van der Waals surface area contributed by atoms with Gasteiger partial charge < -0.3 is 4.90 Å². The number of carbonyl (C=O) groups is 2. The van der Waals surface area contributed by atoms with Gasteiger partial charge in [-0.2, -0.15) is 0 Å². The van der Waals surface area contributed by atoms with E-state index in [9.17, 15) is 19.7 Å². The number of amides is 2. The summed E-state index contributed by atoms with van der Waals surface area (Å²) in [5.41, 5.74) is 3.17. The largest absolute Gasteiger partial charge is 0.336 e. The predicted octanol–water partition coefficient (Wildman–Crippen LogP) is 3.54. The molecule has 0 aliphatic carbocycles. The number of fused-ring (bicyclic) bond motifs is 1. The van der Waals surface area contributed by atoms with Crippen molar-refractivity contribution in [1.82, 2.24) is 4.90 Å². The van der Waals surface area contributed by atoms with Gasteiger partial charge in [-0.15, -0.1) is 0 Å². The molecule has 2 heterocycles. The van der Waals surface area contributed by atoms with Crippen molar-refractivity contribution < 1.29 is 14.5 Å². The molecule has 0 saturated heterocycles. The summed E-state index contributed by atoms with van der Waals surface area (Å²) in [5.74, 6) is -0.688. The predicted molar refractivity (Wildman–Crippen MR) is 109 cm³/mol. The number of anilines is 1. The van der Waals surface area contributed by atoms with Gasteiger partial charge in [0.15, 0.2) is 0 Å². The van der Waals surface area contributed by atoms with Crippen LogP contribution < -0.4 is 4.90 Å². The van der Waals surface area contributed by atoms with Crippen LogP contribution in [0.3, 0.4) is 0 Å². The zero-order valence-electron chi connectivity index (χ0n) is 16.3. The van der Waals surface area contributed by atoms with E-state index in [4.69, 9.17) is 0 Å². The summed E-state index contributed by atoms with van der Waals surface area (Å²) in [5, 5.41) is 11.0. The molecule has 0 N–H and O–H groups in total. The van der Waals surface area contributed by atoms with Gasteiger partial charge in [-0.05, 0) is 56.0 Å².